The van der Waals surface area contributed by atoms with Crippen molar-refractivity contribution in [1.82, 2.24) is 10.2 Å². The van der Waals surface area contributed by atoms with Crippen LogP contribution in [0.1, 0.15) is 36.9 Å². The van der Waals surface area contributed by atoms with Crippen LogP contribution in [0.3, 0.4) is 0 Å². The van der Waals surface area contributed by atoms with Crippen LogP contribution in [-0.4, -0.2) is 31.1 Å². The van der Waals surface area contributed by atoms with Crippen molar-refractivity contribution in [3.05, 3.63) is 29.3 Å². The van der Waals surface area contributed by atoms with Crippen molar-refractivity contribution in [3.63, 3.8) is 0 Å². The van der Waals surface area contributed by atoms with Crippen LogP contribution in [-0.2, 0) is 6.42 Å². The first-order valence-electron chi connectivity index (χ1n) is 7.38. The van der Waals surface area contributed by atoms with Crippen LogP contribution >= 0.6 is 0 Å². The van der Waals surface area contributed by atoms with Gasteiger partial charge in [-0.3, -0.25) is 5.32 Å². The highest BCUT2D eigenvalue weighted by molar-refractivity contribution is 5.70. The van der Waals surface area contributed by atoms with Crippen LogP contribution in [0, 0.1) is 12.3 Å². The molecule has 0 radical (unpaired) electrons. The standard InChI is InChI=1S/C17H22N2O2/c1-4-10-18-16-9-7-13-6-8-14(12-15(13)16)21-17(20)19(3)11-5-2/h1,6,8,12,16,18H,5,7,9-11H2,2-3H3/t16-/m0/s1. The predicted molar refractivity (Wildman–Crippen MR) is 83.3 cm³/mol. The summed E-state index contributed by atoms with van der Waals surface area (Å²) in [4.78, 5) is 13.5. The molecule has 1 atom stereocenters. The van der Waals surface area contributed by atoms with Gasteiger partial charge in [0.1, 0.15) is 5.75 Å². The molecule has 0 saturated carbocycles. The molecule has 0 fully saturated rings. The monoisotopic (exact) mass is 286 g/mol. The molecule has 1 N–H and O–H groups in total. The number of rotatable bonds is 5. The van der Waals surface area contributed by atoms with Crippen LogP contribution in [0.2, 0.25) is 0 Å². The number of carbonyl (C=O) groups excluding carboxylic acids is 1. The Bertz CT molecular complexity index is 548. The van der Waals surface area contributed by atoms with E-state index >= 15 is 0 Å². The molecule has 1 aromatic rings. The Hall–Kier alpha value is -1.99. The Balaban J connectivity index is 2.07. The van der Waals surface area contributed by atoms with Crippen molar-refractivity contribution in [2.24, 2.45) is 0 Å². The molecule has 4 heteroatoms. The molecule has 2 rings (SSSR count). The Morgan fingerprint density at radius 3 is 3.10 bits per heavy atom. The van der Waals surface area contributed by atoms with Crippen LogP contribution in [0.25, 0.3) is 0 Å². The number of fused-ring (bicyclic) bond motifs is 1. The molecule has 0 spiro atoms. The first-order valence-corrected chi connectivity index (χ1v) is 7.38. The maximum absolute atomic E-state index is 11.9. The van der Waals surface area contributed by atoms with E-state index < -0.39 is 0 Å². The fourth-order valence-electron chi connectivity index (χ4n) is 2.64. The Morgan fingerprint density at radius 1 is 1.57 bits per heavy atom. The predicted octanol–water partition coefficient (Wildman–Crippen LogP) is 2.74. The van der Waals surface area contributed by atoms with Gasteiger partial charge in [-0.1, -0.05) is 18.9 Å². The third kappa shape index (κ3) is 3.77. The molecular formula is C17H22N2O2. The van der Waals surface area contributed by atoms with E-state index in [9.17, 15) is 4.79 Å². The molecule has 0 aliphatic heterocycles. The van der Waals surface area contributed by atoms with Gasteiger partial charge in [0.05, 0.1) is 6.54 Å². The second-order valence-electron chi connectivity index (χ2n) is 5.33. The summed E-state index contributed by atoms with van der Waals surface area (Å²) in [5.74, 6) is 3.19. The zero-order chi connectivity index (χ0) is 15.2. The van der Waals surface area contributed by atoms with Gasteiger partial charge < -0.3 is 9.64 Å². The van der Waals surface area contributed by atoms with E-state index in [2.05, 4.69) is 11.2 Å². The Labute approximate surface area is 126 Å². The molecule has 0 heterocycles. The van der Waals surface area contributed by atoms with Crippen molar-refractivity contribution in [1.29, 1.82) is 0 Å². The second-order valence-corrected chi connectivity index (χ2v) is 5.33. The van der Waals surface area contributed by atoms with Gasteiger partial charge in [-0.05, 0) is 42.5 Å². The van der Waals surface area contributed by atoms with E-state index in [1.165, 1.54) is 11.1 Å². The SMILES string of the molecule is C#CCN[C@H]1CCc2ccc(OC(=O)N(C)CCC)cc21. The quantitative estimate of drug-likeness (QED) is 0.846. The Kier molecular flexibility index (Phi) is 5.24. The fraction of sp³-hybridized carbons (Fsp3) is 0.471. The smallest absolute Gasteiger partial charge is 0.410 e. The molecule has 112 valence electrons. The largest absolute Gasteiger partial charge is 0.414 e. The lowest BCUT2D eigenvalue weighted by atomic mass is 10.1. The van der Waals surface area contributed by atoms with Gasteiger partial charge in [-0.25, -0.2) is 4.79 Å². The summed E-state index contributed by atoms with van der Waals surface area (Å²) in [7, 11) is 1.75. The van der Waals surface area contributed by atoms with Gasteiger partial charge in [0.15, 0.2) is 0 Å². The maximum atomic E-state index is 11.9. The number of ether oxygens (including phenoxy) is 1. The summed E-state index contributed by atoms with van der Waals surface area (Å²) >= 11 is 0. The van der Waals surface area contributed by atoms with E-state index in [-0.39, 0.29) is 12.1 Å². The van der Waals surface area contributed by atoms with Crippen LogP contribution in [0.15, 0.2) is 18.2 Å². The first-order chi connectivity index (χ1) is 10.2. The molecule has 0 aromatic heterocycles. The molecule has 0 unspecified atom stereocenters. The van der Waals surface area contributed by atoms with E-state index in [1.807, 2.05) is 25.1 Å². The lowest BCUT2D eigenvalue weighted by molar-refractivity contribution is 0.163. The number of hydrogen-bond acceptors (Lipinski definition) is 3. The van der Waals surface area contributed by atoms with Crippen molar-refractivity contribution in [2.45, 2.75) is 32.2 Å². The molecule has 0 bridgehead atoms. The third-order valence-corrected chi connectivity index (χ3v) is 3.72. The van der Waals surface area contributed by atoms with E-state index in [0.717, 1.165) is 19.3 Å². The molecular weight excluding hydrogens is 264 g/mol. The average Bonchev–Trinajstić information content (AvgIpc) is 2.87. The number of hydrogen-bond donors (Lipinski definition) is 1. The minimum Gasteiger partial charge on any atom is -0.410 e. The van der Waals surface area contributed by atoms with Crippen molar-refractivity contribution >= 4 is 6.09 Å². The zero-order valence-corrected chi connectivity index (χ0v) is 12.7. The van der Waals surface area contributed by atoms with Crippen molar-refractivity contribution in [2.75, 3.05) is 20.1 Å². The molecule has 1 amide bonds. The van der Waals surface area contributed by atoms with Gasteiger partial charge in [0.25, 0.3) is 0 Å². The number of aryl methyl sites for hydroxylation is 1. The molecule has 1 aliphatic rings. The molecule has 4 nitrogen and oxygen atoms in total. The summed E-state index contributed by atoms with van der Waals surface area (Å²) in [5, 5.41) is 3.32. The number of nitrogens with one attached hydrogen (secondary N) is 1. The zero-order valence-electron chi connectivity index (χ0n) is 12.7. The number of amides is 1. The van der Waals surface area contributed by atoms with Crippen LogP contribution in [0.4, 0.5) is 4.79 Å². The normalized spacial score (nSPS) is 16.1. The van der Waals surface area contributed by atoms with Gasteiger partial charge >= 0.3 is 6.09 Å². The van der Waals surface area contributed by atoms with Gasteiger partial charge in [-0.2, -0.15) is 0 Å². The van der Waals surface area contributed by atoms with Crippen LogP contribution in [0.5, 0.6) is 5.75 Å². The average molecular weight is 286 g/mol. The first kappa shape index (κ1) is 15.4. The number of carbonyl (C=O) groups is 1. The highest BCUT2D eigenvalue weighted by Gasteiger charge is 2.23. The van der Waals surface area contributed by atoms with Crippen molar-refractivity contribution < 1.29 is 9.53 Å². The lowest BCUT2D eigenvalue weighted by Crippen LogP contribution is -2.30. The topological polar surface area (TPSA) is 41.6 Å². The Morgan fingerprint density at radius 2 is 2.38 bits per heavy atom. The number of terminal acetylenes is 1. The van der Waals surface area contributed by atoms with Gasteiger partial charge in [0.2, 0.25) is 0 Å². The molecule has 21 heavy (non-hydrogen) atoms. The van der Waals surface area contributed by atoms with Gasteiger partial charge in [-0.15, -0.1) is 6.42 Å². The highest BCUT2D eigenvalue weighted by Crippen LogP contribution is 2.33. The molecule has 1 aliphatic carbocycles. The van der Waals surface area contributed by atoms with Crippen molar-refractivity contribution in [3.8, 4) is 18.1 Å². The molecule has 0 saturated heterocycles. The summed E-state index contributed by atoms with van der Waals surface area (Å²) in [6.45, 7) is 3.27. The van der Waals surface area contributed by atoms with E-state index in [1.54, 1.807) is 11.9 Å². The summed E-state index contributed by atoms with van der Waals surface area (Å²) < 4.78 is 5.43. The highest BCUT2D eigenvalue weighted by atomic mass is 16.6. The summed E-state index contributed by atoms with van der Waals surface area (Å²) in [6, 6.07) is 6.10. The summed E-state index contributed by atoms with van der Waals surface area (Å²) in [6.07, 6.45) is 7.95. The summed E-state index contributed by atoms with van der Waals surface area (Å²) in [5.41, 5.74) is 2.49. The maximum Gasteiger partial charge on any atom is 0.414 e. The van der Waals surface area contributed by atoms with E-state index in [0.29, 0.717) is 18.8 Å². The lowest BCUT2D eigenvalue weighted by Gasteiger charge is -2.17. The van der Waals surface area contributed by atoms with Crippen LogP contribution < -0.4 is 10.1 Å². The number of benzene rings is 1. The fourth-order valence-corrected chi connectivity index (χ4v) is 2.64. The van der Waals surface area contributed by atoms with E-state index in [4.69, 9.17) is 11.2 Å². The number of nitrogens with zero attached hydrogens (tertiary/aromatic N) is 1. The minimum atomic E-state index is -0.317. The van der Waals surface area contributed by atoms with Gasteiger partial charge in [0, 0.05) is 19.6 Å². The minimum absolute atomic E-state index is 0.253. The third-order valence-electron chi connectivity index (χ3n) is 3.72. The second kappa shape index (κ2) is 7.14. The molecule has 1 aromatic carbocycles.